The summed E-state index contributed by atoms with van der Waals surface area (Å²) in [4.78, 5) is 1.86. The molecule has 0 saturated heterocycles. The van der Waals surface area contributed by atoms with Crippen LogP contribution in [0.5, 0.6) is 0 Å². The first-order chi connectivity index (χ1) is 9.70. The van der Waals surface area contributed by atoms with Crippen LogP contribution in [0.15, 0.2) is 41.6 Å². The third-order valence-corrected chi connectivity index (χ3v) is 4.36. The lowest BCUT2D eigenvalue weighted by Gasteiger charge is -2.14. The van der Waals surface area contributed by atoms with Gasteiger partial charge >= 0.3 is 6.18 Å². The highest BCUT2D eigenvalue weighted by atomic mass is 35.5. The van der Waals surface area contributed by atoms with E-state index in [1.165, 1.54) is 6.20 Å². The summed E-state index contributed by atoms with van der Waals surface area (Å²) in [6.07, 6.45) is -1.70. The van der Waals surface area contributed by atoms with Crippen LogP contribution in [0.25, 0.3) is 0 Å². The van der Waals surface area contributed by atoms with Crippen molar-refractivity contribution in [1.29, 1.82) is 0 Å². The number of benzene rings is 1. The third-order valence-electron chi connectivity index (χ3n) is 2.67. The van der Waals surface area contributed by atoms with Gasteiger partial charge in [-0.15, -0.1) is 0 Å². The Balaban J connectivity index is 2.36. The van der Waals surface area contributed by atoms with Gasteiger partial charge in [0.15, 0.2) is 0 Å². The number of halogens is 4. The van der Waals surface area contributed by atoms with Gasteiger partial charge < -0.3 is 4.98 Å². The van der Waals surface area contributed by atoms with E-state index in [-0.39, 0.29) is 11.6 Å². The molecule has 1 heterocycles. The fraction of sp³-hybridized carbons (Fsp3) is 0.167. The van der Waals surface area contributed by atoms with Crippen LogP contribution in [0.3, 0.4) is 0 Å². The van der Waals surface area contributed by atoms with Crippen molar-refractivity contribution in [3.05, 3.63) is 52.8 Å². The molecule has 0 aliphatic heterocycles. The second-order valence-electron chi connectivity index (χ2n) is 4.18. The maximum atomic E-state index is 12.9. The van der Waals surface area contributed by atoms with Crippen LogP contribution in [0.1, 0.15) is 11.1 Å². The Bertz CT molecular complexity index is 727. The molecule has 0 fully saturated rings. The minimum absolute atomic E-state index is 0.119. The van der Waals surface area contributed by atoms with E-state index in [0.29, 0.717) is 11.6 Å². The van der Waals surface area contributed by atoms with Gasteiger partial charge in [-0.25, -0.2) is 13.1 Å². The average Bonchev–Trinajstić information content (AvgIpc) is 2.88. The van der Waals surface area contributed by atoms with E-state index in [2.05, 4.69) is 9.71 Å². The highest BCUT2D eigenvalue weighted by Gasteiger charge is 2.37. The van der Waals surface area contributed by atoms with E-state index in [1.807, 2.05) is 0 Å². The normalized spacial score (nSPS) is 12.6. The van der Waals surface area contributed by atoms with Crippen LogP contribution in [0.4, 0.5) is 13.2 Å². The van der Waals surface area contributed by atoms with Gasteiger partial charge in [0.2, 0.25) is 10.0 Å². The first-order valence-electron chi connectivity index (χ1n) is 5.68. The molecular formula is C12H10ClF3N2O2S. The van der Waals surface area contributed by atoms with Gasteiger partial charge in [0.25, 0.3) is 0 Å². The third kappa shape index (κ3) is 3.78. The Morgan fingerprint density at radius 3 is 2.52 bits per heavy atom. The van der Waals surface area contributed by atoms with Crippen molar-refractivity contribution < 1.29 is 21.6 Å². The summed E-state index contributed by atoms with van der Waals surface area (Å²) >= 11 is 5.51. The smallest absolute Gasteiger partial charge is 0.367 e. The van der Waals surface area contributed by atoms with Gasteiger partial charge in [-0.05, 0) is 29.8 Å². The molecule has 0 spiro atoms. The van der Waals surface area contributed by atoms with Gasteiger partial charge in [0.05, 0.1) is 10.5 Å². The number of aromatic nitrogens is 1. The first-order valence-corrected chi connectivity index (χ1v) is 7.54. The van der Waals surface area contributed by atoms with E-state index in [4.69, 9.17) is 11.6 Å². The second kappa shape index (κ2) is 5.70. The molecule has 0 atom stereocenters. The van der Waals surface area contributed by atoms with E-state index in [1.54, 1.807) is 12.3 Å². The molecule has 21 heavy (non-hydrogen) atoms. The minimum Gasteiger partial charge on any atom is -0.367 e. The number of sulfonamides is 1. The molecule has 0 bridgehead atoms. The minimum atomic E-state index is -4.82. The van der Waals surface area contributed by atoms with E-state index >= 15 is 0 Å². The van der Waals surface area contributed by atoms with Crippen molar-refractivity contribution in [2.45, 2.75) is 17.6 Å². The van der Waals surface area contributed by atoms with E-state index < -0.39 is 26.7 Å². The fourth-order valence-electron chi connectivity index (χ4n) is 1.68. The molecule has 0 saturated carbocycles. The Morgan fingerprint density at radius 1 is 1.24 bits per heavy atom. The summed E-state index contributed by atoms with van der Waals surface area (Å²) < 4.78 is 65.0. The highest BCUT2D eigenvalue weighted by Crippen LogP contribution is 2.35. The molecule has 9 heteroatoms. The lowest BCUT2D eigenvalue weighted by atomic mass is 10.2. The number of rotatable bonds is 4. The van der Waals surface area contributed by atoms with Crippen molar-refractivity contribution in [2.75, 3.05) is 0 Å². The van der Waals surface area contributed by atoms with Gasteiger partial charge in [0, 0.05) is 24.0 Å². The van der Waals surface area contributed by atoms with Crippen molar-refractivity contribution in [3.8, 4) is 0 Å². The predicted molar refractivity (Wildman–Crippen MR) is 71.3 cm³/mol. The van der Waals surface area contributed by atoms with Gasteiger partial charge in [-0.3, -0.25) is 0 Å². The molecule has 4 nitrogen and oxygen atoms in total. The van der Waals surface area contributed by atoms with Crippen LogP contribution in [-0.2, 0) is 22.7 Å². The van der Waals surface area contributed by atoms with E-state index in [9.17, 15) is 21.6 Å². The molecule has 2 aromatic rings. The summed E-state index contributed by atoms with van der Waals surface area (Å²) in [5.41, 5.74) is -0.697. The molecule has 1 aromatic heterocycles. The van der Waals surface area contributed by atoms with Gasteiger partial charge in [-0.1, -0.05) is 11.6 Å². The molecule has 0 amide bonds. The van der Waals surface area contributed by atoms with Crippen LogP contribution in [-0.4, -0.2) is 13.4 Å². The molecule has 0 unspecified atom stereocenters. The molecule has 0 radical (unpaired) electrons. The molecule has 1 aromatic carbocycles. The molecular weight excluding hydrogens is 329 g/mol. The second-order valence-corrected chi connectivity index (χ2v) is 6.35. The highest BCUT2D eigenvalue weighted by molar-refractivity contribution is 7.89. The summed E-state index contributed by atoms with van der Waals surface area (Å²) in [6.45, 7) is -0.119. The summed E-state index contributed by atoms with van der Waals surface area (Å²) in [7, 11) is -4.31. The molecule has 0 aliphatic carbocycles. The maximum absolute atomic E-state index is 12.9. The topological polar surface area (TPSA) is 62.0 Å². The summed E-state index contributed by atoms with van der Waals surface area (Å²) in [5.74, 6) is 0. The lowest BCUT2D eigenvalue weighted by molar-refractivity contribution is -0.139. The Hall–Kier alpha value is -1.51. The fourth-order valence-corrected chi connectivity index (χ4v) is 3.08. The van der Waals surface area contributed by atoms with Crippen LogP contribution >= 0.6 is 11.6 Å². The average molecular weight is 339 g/mol. The molecule has 2 N–H and O–H groups in total. The van der Waals surface area contributed by atoms with Crippen LogP contribution in [0.2, 0.25) is 5.02 Å². The number of nitrogens with one attached hydrogen (secondary N) is 2. The van der Waals surface area contributed by atoms with Crippen molar-refractivity contribution in [3.63, 3.8) is 0 Å². The zero-order valence-corrected chi connectivity index (χ0v) is 12.0. The summed E-state index contributed by atoms with van der Waals surface area (Å²) in [5, 5.41) is -0.188. The monoisotopic (exact) mass is 338 g/mol. The van der Waals surface area contributed by atoms with Crippen molar-refractivity contribution in [1.82, 2.24) is 9.71 Å². The molecule has 114 valence electrons. The zero-order chi connectivity index (χ0) is 15.7. The van der Waals surface area contributed by atoms with Crippen LogP contribution in [0, 0.1) is 0 Å². The quantitative estimate of drug-likeness (QED) is 0.899. The zero-order valence-electron chi connectivity index (χ0n) is 10.4. The Kier molecular flexibility index (Phi) is 4.31. The van der Waals surface area contributed by atoms with Crippen LogP contribution < -0.4 is 4.72 Å². The molecule has 2 rings (SSSR count). The van der Waals surface area contributed by atoms with Crippen molar-refractivity contribution >= 4 is 21.6 Å². The maximum Gasteiger partial charge on any atom is 0.417 e. The SMILES string of the molecule is O=S(=O)(NCc1cc[nH]c1)c1ccc(Cl)cc1C(F)(F)F. The standard InChI is InChI=1S/C12H10ClF3N2O2S/c13-9-1-2-11(10(5-9)12(14,15)16)21(19,20)18-7-8-3-4-17-6-8/h1-6,17-18H,7H2. The number of aromatic amines is 1. The van der Waals surface area contributed by atoms with E-state index in [0.717, 1.165) is 12.1 Å². The summed E-state index contributed by atoms with van der Waals surface area (Å²) in [6, 6.07) is 4.13. The van der Waals surface area contributed by atoms with Gasteiger partial charge in [0.1, 0.15) is 0 Å². The first kappa shape index (κ1) is 15.9. The Morgan fingerprint density at radius 2 is 1.95 bits per heavy atom. The largest absolute Gasteiger partial charge is 0.417 e. The van der Waals surface area contributed by atoms with Crippen molar-refractivity contribution in [2.24, 2.45) is 0 Å². The number of alkyl halides is 3. The predicted octanol–water partition coefficient (Wildman–Crippen LogP) is 3.17. The van der Waals surface area contributed by atoms with Gasteiger partial charge in [-0.2, -0.15) is 13.2 Å². The lowest BCUT2D eigenvalue weighted by Crippen LogP contribution is -2.26. The Labute approximate surface area is 124 Å². The molecule has 0 aliphatic rings. The number of hydrogen-bond donors (Lipinski definition) is 2. The number of hydrogen-bond acceptors (Lipinski definition) is 2. The number of H-pyrrole nitrogens is 1.